The smallest absolute Gasteiger partial charge is 0.165 e. The zero-order chi connectivity index (χ0) is 17.1. The molecule has 1 fully saturated rings. The third-order valence-electron chi connectivity index (χ3n) is 4.84. The average molecular weight is 325 g/mol. The van der Waals surface area contributed by atoms with Crippen molar-refractivity contribution in [3.05, 3.63) is 35.7 Å². The average Bonchev–Trinajstić information content (AvgIpc) is 2.96. The van der Waals surface area contributed by atoms with Gasteiger partial charge in [0.2, 0.25) is 0 Å². The summed E-state index contributed by atoms with van der Waals surface area (Å²) in [5.74, 6) is 2.06. The summed E-state index contributed by atoms with van der Waals surface area (Å²) in [5, 5.41) is 27.4. The van der Waals surface area contributed by atoms with E-state index in [4.69, 9.17) is 5.26 Å². The van der Waals surface area contributed by atoms with Crippen molar-refractivity contribution in [1.29, 1.82) is 5.26 Å². The molecule has 1 saturated heterocycles. The second-order valence-corrected chi connectivity index (χ2v) is 6.53. The number of aliphatic hydroxyl groups is 1. The lowest BCUT2D eigenvalue weighted by Crippen LogP contribution is -2.38. The molecule has 0 spiro atoms. The summed E-state index contributed by atoms with van der Waals surface area (Å²) in [7, 11) is 0. The number of likely N-dealkylation sites (tertiary alicyclic amines) is 1. The molecule has 1 N–H and O–H groups in total. The van der Waals surface area contributed by atoms with Gasteiger partial charge in [-0.3, -0.25) is 9.47 Å². The van der Waals surface area contributed by atoms with Crippen molar-refractivity contribution in [1.82, 2.24) is 19.7 Å². The topological polar surface area (TPSA) is 78.0 Å². The van der Waals surface area contributed by atoms with Crippen LogP contribution in [0.15, 0.2) is 24.3 Å². The van der Waals surface area contributed by atoms with Crippen LogP contribution in [0.3, 0.4) is 0 Å². The van der Waals surface area contributed by atoms with Gasteiger partial charge in [0.05, 0.1) is 24.4 Å². The molecule has 0 radical (unpaired) electrons. The van der Waals surface area contributed by atoms with E-state index in [9.17, 15) is 5.11 Å². The number of aromatic nitrogens is 3. The van der Waals surface area contributed by atoms with Crippen molar-refractivity contribution >= 4 is 0 Å². The highest BCUT2D eigenvalue weighted by atomic mass is 16.3. The third kappa shape index (κ3) is 3.48. The van der Waals surface area contributed by atoms with Crippen LogP contribution < -0.4 is 0 Å². The lowest BCUT2D eigenvalue weighted by molar-refractivity contribution is 0.0612. The van der Waals surface area contributed by atoms with Gasteiger partial charge in [-0.1, -0.05) is 12.1 Å². The first kappa shape index (κ1) is 16.6. The minimum atomic E-state index is -0.229. The lowest BCUT2D eigenvalue weighted by atomic mass is 9.92. The molecule has 2 heterocycles. The fourth-order valence-electron chi connectivity index (χ4n) is 3.27. The minimum absolute atomic E-state index is 0.229. The van der Waals surface area contributed by atoms with E-state index in [0.29, 0.717) is 11.5 Å². The SMILES string of the molecule is Cc1nnc(-c2cccc(C#N)c2)n1CN1CCC(C(C)O)CC1. The van der Waals surface area contributed by atoms with Gasteiger partial charge in [-0.05, 0) is 44.7 Å². The summed E-state index contributed by atoms with van der Waals surface area (Å²) in [5.41, 5.74) is 1.53. The molecule has 0 amide bonds. The first-order chi connectivity index (χ1) is 11.6. The highest BCUT2D eigenvalue weighted by Gasteiger charge is 2.23. The quantitative estimate of drug-likeness (QED) is 0.932. The van der Waals surface area contributed by atoms with E-state index in [1.165, 1.54) is 0 Å². The Kier molecular flexibility index (Phi) is 4.93. The van der Waals surface area contributed by atoms with Crippen LogP contribution in [0.1, 0.15) is 31.2 Å². The molecule has 1 aliphatic heterocycles. The van der Waals surface area contributed by atoms with Crippen LogP contribution in [-0.2, 0) is 6.67 Å². The number of nitrogens with zero attached hydrogens (tertiary/aromatic N) is 5. The van der Waals surface area contributed by atoms with Gasteiger partial charge in [0, 0.05) is 18.7 Å². The summed E-state index contributed by atoms with van der Waals surface area (Å²) in [6, 6.07) is 9.64. The maximum absolute atomic E-state index is 9.74. The molecule has 0 bridgehead atoms. The van der Waals surface area contributed by atoms with Crippen LogP contribution in [0, 0.1) is 24.2 Å². The van der Waals surface area contributed by atoms with Gasteiger partial charge in [-0.2, -0.15) is 5.26 Å². The van der Waals surface area contributed by atoms with Gasteiger partial charge >= 0.3 is 0 Å². The monoisotopic (exact) mass is 325 g/mol. The molecule has 6 nitrogen and oxygen atoms in total. The molecule has 3 rings (SSSR count). The lowest BCUT2D eigenvalue weighted by Gasteiger charge is -2.33. The van der Waals surface area contributed by atoms with Crippen molar-refractivity contribution < 1.29 is 5.11 Å². The number of rotatable bonds is 4. The summed E-state index contributed by atoms with van der Waals surface area (Å²) in [4.78, 5) is 2.37. The van der Waals surface area contributed by atoms with Gasteiger partial charge in [0.1, 0.15) is 5.82 Å². The van der Waals surface area contributed by atoms with Gasteiger partial charge < -0.3 is 5.11 Å². The van der Waals surface area contributed by atoms with Crippen molar-refractivity contribution in [2.24, 2.45) is 5.92 Å². The summed E-state index contributed by atoms with van der Waals surface area (Å²) < 4.78 is 2.10. The predicted molar refractivity (Wildman–Crippen MR) is 90.9 cm³/mol. The molecule has 6 heteroatoms. The Hall–Kier alpha value is -2.23. The maximum Gasteiger partial charge on any atom is 0.165 e. The van der Waals surface area contributed by atoms with Crippen LogP contribution >= 0.6 is 0 Å². The summed E-state index contributed by atoms with van der Waals surface area (Å²) in [6.07, 6.45) is 1.80. The highest BCUT2D eigenvalue weighted by molar-refractivity contribution is 5.58. The number of hydrogen-bond acceptors (Lipinski definition) is 5. The number of piperidine rings is 1. The van der Waals surface area contributed by atoms with Crippen LogP contribution in [-0.4, -0.2) is 44.0 Å². The molecule has 0 saturated carbocycles. The van der Waals surface area contributed by atoms with Crippen molar-refractivity contribution in [3.8, 4) is 17.5 Å². The van der Waals surface area contributed by atoms with E-state index >= 15 is 0 Å². The zero-order valence-electron chi connectivity index (χ0n) is 14.2. The molecular formula is C18H23N5O. The second kappa shape index (κ2) is 7.12. The van der Waals surface area contributed by atoms with E-state index in [-0.39, 0.29) is 6.10 Å². The van der Waals surface area contributed by atoms with Crippen molar-refractivity contribution in [3.63, 3.8) is 0 Å². The predicted octanol–water partition coefficient (Wildman–Crippen LogP) is 2.18. The van der Waals surface area contributed by atoms with Crippen molar-refractivity contribution in [2.45, 2.75) is 39.5 Å². The summed E-state index contributed by atoms with van der Waals surface area (Å²) in [6.45, 7) is 6.49. The fraction of sp³-hybridized carbons (Fsp3) is 0.500. The first-order valence-corrected chi connectivity index (χ1v) is 8.39. The Balaban J connectivity index is 1.78. The van der Waals surface area contributed by atoms with Gasteiger partial charge in [-0.25, -0.2) is 0 Å². The Morgan fingerprint density at radius 1 is 1.33 bits per heavy atom. The Morgan fingerprint density at radius 3 is 2.75 bits per heavy atom. The molecule has 2 aromatic rings. The second-order valence-electron chi connectivity index (χ2n) is 6.53. The molecular weight excluding hydrogens is 302 g/mol. The van der Waals surface area contributed by atoms with E-state index in [1.807, 2.05) is 32.0 Å². The minimum Gasteiger partial charge on any atom is -0.393 e. The van der Waals surface area contributed by atoms with Crippen LogP contribution in [0.4, 0.5) is 0 Å². The zero-order valence-corrected chi connectivity index (χ0v) is 14.2. The number of nitriles is 1. The van der Waals surface area contributed by atoms with Crippen LogP contribution in [0.5, 0.6) is 0 Å². The third-order valence-corrected chi connectivity index (χ3v) is 4.84. The number of aryl methyl sites for hydroxylation is 1. The molecule has 1 aromatic heterocycles. The van der Waals surface area contributed by atoms with Crippen LogP contribution in [0.25, 0.3) is 11.4 Å². The molecule has 1 unspecified atom stereocenters. The molecule has 126 valence electrons. The number of aliphatic hydroxyl groups excluding tert-OH is 1. The van der Waals surface area contributed by atoms with E-state index in [2.05, 4.69) is 25.7 Å². The molecule has 0 aliphatic carbocycles. The fourth-order valence-corrected chi connectivity index (χ4v) is 3.27. The molecule has 1 aromatic carbocycles. The maximum atomic E-state index is 9.74. The van der Waals surface area contributed by atoms with E-state index in [1.54, 1.807) is 6.07 Å². The Labute approximate surface area is 142 Å². The van der Waals surface area contributed by atoms with Gasteiger partial charge in [0.25, 0.3) is 0 Å². The summed E-state index contributed by atoms with van der Waals surface area (Å²) >= 11 is 0. The van der Waals surface area contributed by atoms with Crippen molar-refractivity contribution in [2.75, 3.05) is 13.1 Å². The van der Waals surface area contributed by atoms with Crippen LogP contribution in [0.2, 0.25) is 0 Å². The highest BCUT2D eigenvalue weighted by Crippen LogP contribution is 2.23. The van der Waals surface area contributed by atoms with E-state index < -0.39 is 0 Å². The molecule has 1 aliphatic rings. The molecule has 24 heavy (non-hydrogen) atoms. The Morgan fingerprint density at radius 2 is 2.08 bits per heavy atom. The first-order valence-electron chi connectivity index (χ1n) is 8.39. The van der Waals surface area contributed by atoms with E-state index in [0.717, 1.165) is 49.8 Å². The standard InChI is InChI=1S/C18H23N5O/c1-13(24)16-6-8-22(9-7-16)12-23-14(2)20-21-18(23)17-5-3-4-15(10-17)11-19/h3-5,10,13,16,24H,6-9,12H2,1-2H3. The number of hydrogen-bond donors (Lipinski definition) is 1. The Bertz CT molecular complexity index is 738. The number of benzene rings is 1. The van der Waals surface area contributed by atoms with Gasteiger partial charge in [0.15, 0.2) is 5.82 Å². The normalized spacial score (nSPS) is 17.6. The van der Waals surface area contributed by atoms with Gasteiger partial charge in [-0.15, -0.1) is 10.2 Å². The molecule has 1 atom stereocenters. The largest absolute Gasteiger partial charge is 0.393 e.